The van der Waals surface area contributed by atoms with Gasteiger partial charge in [-0.2, -0.15) is 10.5 Å². The van der Waals surface area contributed by atoms with E-state index in [0.717, 1.165) is 38.9 Å². The summed E-state index contributed by atoms with van der Waals surface area (Å²) in [5.74, 6) is 0. The number of nitrogens with zero attached hydrogens (tertiary/aromatic N) is 2. The van der Waals surface area contributed by atoms with Gasteiger partial charge in [-0.05, 0) is 42.1 Å². The fraction of sp³-hybridized carbons (Fsp3) is 0.111. The van der Waals surface area contributed by atoms with Crippen LogP contribution in [0.25, 0.3) is 0 Å². The summed E-state index contributed by atoms with van der Waals surface area (Å²) in [5.41, 5.74) is 1.03. The molecule has 1 rings (SSSR count). The largest absolute Gasteiger partial charge is 0.185 e. The van der Waals surface area contributed by atoms with Gasteiger partial charge < -0.3 is 0 Å². The van der Waals surface area contributed by atoms with Gasteiger partial charge in [-0.15, -0.1) is 0 Å². The average molecular weight is 206 g/mol. The third kappa shape index (κ3) is 2.42. The Balaban J connectivity index is 3.12. The summed E-state index contributed by atoms with van der Waals surface area (Å²) in [4.78, 5) is 1.74. The molecule has 1 aromatic carbocycles. The third-order valence-electron chi connectivity index (χ3n) is 1.48. The number of thioether (sulfide) groups is 2. The Morgan fingerprint density at radius 2 is 1.85 bits per heavy atom. The first-order chi connectivity index (χ1) is 6.29. The molecule has 0 radical (unpaired) electrons. The molecule has 0 unspecified atom stereocenters. The molecule has 0 saturated heterocycles. The first-order valence-corrected chi connectivity index (χ1v) is 5.14. The molecule has 0 heterocycles. The summed E-state index contributed by atoms with van der Waals surface area (Å²) in [5, 5.41) is 21.1. The van der Waals surface area contributed by atoms with Crippen molar-refractivity contribution >= 4 is 23.5 Å². The van der Waals surface area contributed by atoms with Gasteiger partial charge in [0.1, 0.15) is 10.8 Å². The monoisotopic (exact) mass is 206 g/mol. The third-order valence-corrected chi connectivity index (χ3v) is 3.10. The molecule has 0 spiro atoms. The van der Waals surface area contributed by atoms with Crippen molar-refractivity contribution in [2.24, 2.45) is 0 Å². The summed E-state index contributed by atoms with van der Waals surface area (Å²) < 4.78 is 0. The molecule has 0 bridgehead atoms. The normalized spacial score (nSPS) is 8.85. The maximum Gasteiger partial charge on any atom is 0.138 e. The molecule has 0 aliphatic heterocycles. The van der Waals surface area contributed by atoms with E-state index >= 15 is 0 Å². The molecule has 0 atom stereocenters. The number of thiocyanates is 2. The van der Waals surface area contributed by atoms with Crippen LogP contribution in [-0.2, 0) is 0 Å². The molecule has 0 saturated carbocycles. The molecule has 0 aromatic heterocycles. The minimum absolute atomic E-state index is 0.856. The molecule has 1 aromatic rings. The lowest BCUT2D eigenvalue weighted by atomic mass is 10.2. The predicted molar refractivity (Wildman–Crippen MR) is 54.1 cm³/mol. The molecule has 0 aliphatic carbocycles. The molecule has 0 fully saturated rings. The van der Waals surface area contributed by atoms with Crippen LogP contribution in [0.4, 0.5) is 0 Å². The number of nitriles is 2. The SMILES string of the molecule is Cc1cccc(SC#N)c1SC#N. The van der Waals surface area contributed by atoms with Crippen LogP contribution >= 0.6 is 23.5 Å². The molecular weight excluding hydrogens is 200 g/mol. The molecule has 0 aliphatic rings. The van der Waals surface area contributed by atoms with Gasteiger partial charge in [-0.3, -0.25) is 0 Å². The van der Waals surface area contributed by atoms with Gasteiger partial charge in [0.2, 0.25) is 0 Å². The van der Waals surface area contributed by atoms with E-state index in [2.05, 4.69) is 0 Å². The van der Waals surface area contributed by atoms with Crippen molar-refractivity contribution in [1.82, 2.24) is 0 Å². The van der Waals surface area contributed by atoms with Gasteiger partial charge >= 0.3 is 0 Å². The van der Waals surface area contributed by atoms with Crippen molar-refractivity contribution in [2.45, 2.75) is 16.7 Å². The molecule has 64 valence electrons. The van der Waals surface area contributed by atoms with Crippen LogP contribution in [0.5, 0.6) is 0 Å². The Morgan fingerprint density at radius 1 is 1.15 bits per heavy atom. The molecule has 2 nitrogen and oxygen atoms in total. The van der Waals surface area contributed by atoms with Crippen molar-refractivity contribution in [3.05, 3.63) is 23.8 Å². The number of hydrogen-bond acceptors (Lipinski definition) is 4. The maximum atomic E-state index is 8.56. The highest BCUT2D eigenvalue weighted by atomic mass is 32.2. The lowest BCUT2D eigenvalue weighted by Crippen LogP contribution is -1.81. The minimum Gasteiger partial charge on any atom is -0.185 e. The Kier molecular flexibility index (Phi) is 3.70. The van der Waals surface area contributed by atoms with Crippen LogP contribution in [-0.4, -0.2) is 0 Å². The minimum atomic E-state index is 0.856. The van der Waals surface area contributed by atoms with Gasteiger partial charge in [-0.1, -0.05) is 12.1 Å². The second-order valence-electron chi connectivity index (χ2n) is 2.29. The van der Waals surface area contributed by atoms with E-state index < -0.39 is 0 Å². The molecule has 0 N–H and O–H groups in total. The molecule has 13 heavy (non-hydrogen) atoms. The highest BCUT2D eigenvalue weighted by Gasteiger charge is 2.05. The fourth-order valence-electron chi connectivity index (χ4n) is 0.932. The molecular formula is C9H6N2S2. The second-order valence-corrected chi connectivity index (χ2v) is 3.91. The van der Waals surface area contributed by atoms with Gasteiger partial charge in [-0.25, -0.2) is 0 Å². The standard InChI is InChI=1S/C9H6N2S2/c1-7-3-2-4-8(12-5-10)9(7)13-6-11/h2-4H,1H3. The fourth-order valence-corrected chi connectivity index (χ4v) is 2.17. The van der Waals surface area contributed by atoms with Crippen molar-refractivity contribution in [2.75, 3.05) is 0 Å². The van der Waals surface area contributed by atoms with E-state index in [-0.39, 0.29) is 0 Å². The van der Waals surface area contributed by atoms with Gasteiger partial charge in [0.15, 0.2) is 0 Å². The Labute approximate surface area is 85.6 Å². The Hall–Kier alpha value is -1.10. The summed E-state index contributed by atoms with van der Waals surface area (Å²) >= 11 is 2.19. The first kappa shape index (κ1) is 9.98. The van der Waals surface area contributed by atoms with Gasteiger partial charge in [0.05, 0.1) is 0 Å². The quantitative estimate of drug-likeness (QED) is 0.551. The van der Waals surface area contributed by atoms with E-state index in [1.807, 2.05) is 35.9 Å². The van der Waals surface area contributed by atoms with E-state index in [0.29, 0.717) is 0 Å². The van der Waals surface area contributed by atoms with Crippen LogP contribution in [0.15, 0.2) is 28.0 Å². The number of hydrogen-bond donors (Lipinski definition) is 0. The lowest BCUT2D eigenvalue weighted by Gasteiger charge is -2.03. The van der Waals surface area contributed by atoms with Crippen LogP contribution in [0.2, 0.25) is 0 Å². The highest BCUT2D eigenvalue weighted by Crippen LogP contribution is 2.32. The molecule has 4 heteroatoms. The zero-order chi connectivity index (χ0) is 9.68. The number of benzene rings is 1. The van der Waals surface area contributed by atoms with E-state index in [1.165, 1.54) is 0 Å². The lowest BCUT2D eigenvalue weighted by molar-refractivity contribution is 1.18. The van der Waals surface area contributed by atoms with E-state index in [9.17, 15) is 0 Å². The van der Waals surface area contributed by atoms with E-state index in [4.69, 9.17) is 10.5 Å². The second kappa shape index (κ2) is 4.81. The van der Waals surface area contributed by atoms with Crippen LogP contribution in [0.3, 0.4) is 0 Å². The zero-order valence-electron chi connectivity index (χ0n) is 6.94. The van der Waals surface area contributed by atoms with Crippen molar-refractivity contribution in [3.8, 4) is 10.8 Å². The smallest absolute Gasteiger partial charge is 0.138 e. The van der Waals surface area contributed by atoms with Crippen LogP contribution in [0, 0.1) is 28.3 Å². The summed E-state index contributed by atoms with van der Waals surface area (Å²) in [6.45, 7) is 1.93. The maximum absolute atomic E-state index is 8.56. The van der Waals surface area contributed by atoms with Crippen LogP contribution in [0.1, 0.15) is 5.56 Å². The highest BCUT2D eigenvalue weighted by molar-refractivity contribution is 8.06. The summed E-state index contributed by atoms with van der Waals surface area (Å²) in [7, 11) is 0. The van der Waals surface area contributed by atoms with Gasteiger partial charge in [0, 0.05) is 9.79 Å². The van der Waals surface area contributed by atoms with Crippen molar-refractivity contribution in [3.63, 3.8) is 0 Å². The topological polar surface area (TPSA) is 47.6 Å². The van der Waals surface area contributed by atoms with Gasteiger partial charge in [0.25, 0.3) is 0 Å². The van der Waals surface area contributed by atoms with E-state index in [1.54, 1.807) is 0 Å². The van der Waals surface area contributed by atoms with Crippen LogP contribution < -0.4 is 0 Å². The predicted octanol–water partition coefficient (Wildman–Crippen LogP) is 3.14. The number of rotatable bonds is 2. The summed E-state index contributed by atoms with van der Waals surface area (Å²) in [6, 6.07) is 5.66. The average Bonchev–Trinajstić information content (AvgIpc) is 2.11. The Bertz CT molecular complexity index is 388. The zero-order valence-corrected chi connectivity index (χ0v) is 8.58. The van der Waals surface area contributed by atoms with Crippen molar-refractivity contribution < 1.29 is 0 Å². The Morgan fingerprint density at radius 3 is 2.46 bits per heavy atom. The number of aryl methyl sites for hydroxylation is 1. The molecule has 0 amide bonds. The summed E-state index contributed by atoms with van der Waals surface area (Å²) in [6.07, 6.45) is 0. The first-order valence-electron chi connectivity index (χ1n) is 3.51. The van der Waals surface area contributed by atoms with Crippen molar-refractivity contribution in [1.29, 1.82) is 10.5 Å².